The molecule has 0 saturated carbocycles. The molecule has 0 aliphatic carbocycles. The van der Waals surface area contributed by atoms with Crippen LogP contribution in [-0.4, -0.2) is 9.97 Å². The predicted molar refractivity (Wildman–Crippen MR) is 72.0 cm³/mol. The lowest BCUT2D eigenvalue weighted by Crippen LogP contribution is -2.12. The number of aromatic nitrogens is 2. The fourth-order valence-electron chi connectivity index (χ4n) is 2.13. The molecule has 1 atom stereocenters. The van der Waals surface area contributed by atoms with E-state index in [1.807, 2.05) is 42.7 Å². The average Bonchev–Trinajstić information content (AvgIpc) is 2.47. The molecule has 3 rings (SSSR count). The summed E-state index contributed by atoms with van der Waals surface area (Å²) in [5, 5.41) is 2.25. The molecule has 0 radical (unpaired) electrons. The molecule has 0 fully saturated rings. The topological polar surface area (TPSA) is 51.8 Å². The second-order valence-electron chi connectivity index (χ2n) is 4.21. The van der Waals surface area contributed by atoms with Crippen LogP contribution < -0.4 is 5.73 Å². The minimum Gasteiger partial charge on any atom is -0.320 e. The largest absolute Gasteiger partial charge is 0.320 e. The summed E-state index contributed by atoms with van der Waals surface area (Å²) in [6.45, 7) is 0. The summed E-state index contributed by atoms with van der Waals surface area (Å²) in [5.74, 6) is 0. The molecule has 0 bridgehead atoms. The van der Waals surface area contributed by atoms with E-state index in [9.17, 15) is 0 Å². The highest BCUT2D eigenvalue weighted by Gasteiger charge is 2.12. The fraction of sp³-hybridized carbons (Fsp3) is 0.0667. The van der Waals surface area contributed by atoms with E-state index in [0.29, 0.717) is 0 Å². The van der Waals surface area contributed by atoms with Crippen LogP contribution in [-0.2, 0) is 0 Å². The zero-order chi connectivity index (χ0) is 12.4. The highest BCUT2D eigenvalue weighted by Crippen LogP contribution is 2.25. The number of nitrogens with zero attached hydrogens (tertiary/aromatic N) is 2. The first-order valence-electron chi connectivity index (χ1n) is 5.84. The lowest BCUT2D eigenvalue weighted by atomic mass is 9.98. The number of pyridine rings is 2. The van der Waals surface area contributed by atoms with Gasteiger partial charge in [-0.15, -0.1) is 0 Å². The Morgan fingerprint density at radius 1 is 0.889 bits per heavy atom. The second kappa shape index (κ2) is 4.55. The summed E-state index contributed by atoms with van der Waals surface area (Å²) in [6, 6.07) is 11.8. The molecule has 0 aliphatic rings. The predicted octanol–water partition coefficient (Wildman–Crippen LogP) is 2.68. The quantitative estimate of drug-likeness (QED) is 0.743. The normalized spacial score (nSPS) is 12.5. The molecule has 0 amide bonds. The number of nitrogens with two attached hydrogens (primary N) is 1. The van der Waals surface area contributed by atoms with Gasteiger partial charge >= 0.3 is 0 Å². The SMILES string of the molecule is NC(c1cccnc1)c1cncc2ccccc12. The molecule has 2 aromatic heterocycles. The van der Waals surface area contributed by atoms with Gasteiger partial charge in [-0.25, -0.2) is 0 Å². The maximum absolute atomic E-state index is 6.30. The van der Waals surface area contributed by atoms with Crippen LogP contribution in [0.1, 0.15) is 17.2 Å². The van der Waals surface area contributed by atoms with Gasteiger partial charge in [-0.05, 0) is 22.6 Å². The van der Waals surface area contributed by atoms with Crippen molar-refractivity contribution in [1.29, 1.82) is 0 Å². The van der Waals surface area contributed by atoms with Gasteiger partial charge in [0.2, 0.25) is 0 Å². The van der Waals surface area contributed by atoms with Crippen LogP contribution in [0.25, 0.3) is 10.8 Å². The van der Waals surface area contributed by atoms with Crippen LogP contribution >= 0.6 is 0 Å². The summed E-state index contributed by atoms with van der Waals surface area (Å²) in [4.78, 5) is 8.37. The van der Waals surface area contributed by atoms with Crippen molar-refractivity contribution in [2.45, 2.75) is 6.04 Å². The summed E-state index contributed by atoms with van der Waals surface area (Å²) in [5.41, 5.74) is 8.33. The number of hydrogen-bond donors (Lipinski definition) is 1. The van der Waals surface area contributed by atoms with Gasteiger partial charge in [0.1, 0.15) is 0 Å². The third-order valence-electron chi connectivity index (χ3n) is 3.08. The van der Waals surface area contributed by atoms with Crippen molar-refractivity contribution >= 4 is 10.8 Å². The van der Waals surface area contributed by atoms with Crippen molar-refractivity contribution < 1.29 is 0 Å². The smallest absolute Gasteiger partial charge is 0.0588 e. The van der Waals surface area contributed by atoms with Gasteiger partial charge in [-0.2, -0.15) is 0 Å². The number of rotatable bonds is 2. The molecule has 2 heterocycles. The standard InChI is InChI=1S/C15H13N3/c16-15(12-5-3-7-17-9-12)14-10-18-8-11-4-1-2-6-13(11)14/h1-10,15H,16H2. The number of fused-ring (bicyclic) bond motifs is 1. The molecule has 18 heavy (non-hydrogen) atoms. The highest BCUT2D eigenvalue weighted by atomic mass is 14.7. The van der Waals surface area contributed by atoms with E-state index in [2.05, 4.69) is 16.0 Å². The van der Waals surface area contributed by atoms with Gasteiger partial charge in [0, 0.05) is 30.2 Å². The molecule has 3 aromatic rings. The average molecular weight is 235 g/mol. The van der Waals surface area contributed by atoms with Gasteiger partial charge in [0.15, 0.2) is 0 Å². The van der Waals surface area contributed by atoms with Crippen LogP contribution in [0.2, 0.25) is 0 Å². The molecule has 0 spiro atoms. The molecular weight excluding hydrogens is 222 g/mol. The molecule has 88 valence electrons. The van der Waals surface area contributed by atoms with E-state index < -0.39 is 0 Å². The lowest BCUT2D eigenvalue weighted by molar-refractivity contribution is 0.865. The summed E-state index contributed by atoms with van der Waals surface area (Å²) >= 11 is 0. The monoisotopic (exact) mass is 235 g/mol. The lowest BCUT2D eigenvalue weighted by Gasteiger charge is -2.14. The van der Waals surface area contributed by atoms with Crippen molar-refractivity contribution in [1.82, 2.24) is 9.97 Å². The van der Waals surface area contributed by atoms with Gasteiger partial charge in [-0.3, -0.25) is 9.97 Å². The minimum absolute atomic E-state index is 0.197. The summed E-state index contributed by atoms with van der Waals surface area (Å²) in [6.07, 6.45) is 7.23. The number of hydrogen-bond acceptors (Lipinski definition) is 3. The summed E-state index contributed by atoms with van der Waals surface area (Å²) < 4.78 is 0. The molecular formula is C15H13N3. The van der Waals surface area contributed by atoms with Gasteiger partial charge < -0.3 is 5.73 Å². The molecule has 0 saturated heterocycles. The zero-order valence-electron chi connectivity index (χ0n) is 9.82. The van der Waals surface area contributed by atoms with E-state index in [1.54, 1.807) is 12.4 Å². The third kappa shape index (κ3) is 1.85. The Hall–Kier alpha value is -2.26. The molecule has 2 N–H and O–H groups in total. The van der Waals surface area contributed by atoms with E-state index in [4.69, 9.17) is 5.73 Å². The number of benzene rings is 1. The Kier molecular flexibility index (Phi) is 2.74. The van der Waals surface area contributed by atoms with E-state index in [1.165, 1.54) is 0 Å². The molecule has 1 aromatic carbocycles. The Labute approximate surface area is 105 Å². The van der Waals surface area contributed by atoms with E-state index in [-0.39, 0.29) is 6.04 Å². The Bertz CT molecular complexity index is 659. The van der Waals surface area contributed by atoms with Crippen LogP contribution in [0, 0.1) is 0 Å². The Morgan fingerprint density at radius 3 is 2.61 bits per heavy atom. The first-order valence-corrected chi connectivity index (χ1v) is 5.84. The Morgan fingerprint density at radius 2 is 1.78 bits per heavy atom. The van der Waals surface area contributed by atoms with E-state index >= 15 is 0 Å². The molecule has 3 heteroatoms. The highest BCUT2D eigenvalue weighted by molar-refractivity contribution is 5.85. The first kappa shape index (κ1) is 10.9. The van der Waals surface area contributed by atoms with E-state index in [0.717, 1.165) is 21.9 Å². The minimum atomic E-state index is -0.197. The first-order chi connectivity index (χ1) is 8.86. The fourth-order valence-corrected chi connectivity index (χ4v) is 2.13. The Balaban J connectivity index is 2.15. The van der Waals surface area contributed by atoms with Crippen LogP contribution in [0.4, 0.5) is 0 Å². The zero-order valence-corrected chi connectivity index (χ0v) is 9.82. The third-order valence-corrected chi connectivity index (χ3v) is 3.08. The van der Waals surface area contributed by atoms with Crippen molar-refractivity contribution in [2.24, 2.45) is 5.73 Å². The van der Waals surface area contributed by atoms with Crippen molar-refractivity contribution in [2.75, 3.05) is 0 Å². The van der Waals surface area contributed by atoms with Gasteiger partial charge in [-0.1, -0.05) is 30.3 Å². The molecule has 3 nitrogen and oxygen atoms in total. The van der Waals surface area contributed by atoms with Crippen molar-refractivity contribution in [3.8, 4) is 0 Å². The maximum Gasteiger partial charge on any atom is 0.0588 e. The van der Waals surface area contributed by atoms with Crippen molar-refractivity contribution in [3.05, 3.63) is 72.3 Å². The van der Waals surface area contributed by atoms with Crippen molar-refractivity contribution in [3.63, 3.8) is 0 Å². The molecule has 0 aliphatic heterocycles. The van der Waals surface area contributed by atoms with Crippen LogP contribution in [0.5, 0.6) is 0 Å². The molecule has 1 unspecified atom stereocenters. The van der Waals surface area contributed by atoms with Crippen LogP contribution in [0.3, 0.4) is 0 Å². The summed E-state index contributed by atoms with van der Waals surface area (Å²) in [7, 11) is 0. The maximum atomic E-state index is 6.30. The second-order valence-corrected chi connectivity index (χ2v) is 4.21. The van der Waals surface area contributed by atoms with Gasteiger partial charge in [0.25, 0.3) is 0 Å². The van der Waals surface area contributed by atoms with Gasteiger partial charge in [0.05, 0.1) is 6.04 Å². The van der Waals surface area contributed by atoms with Crippen LogP contribution in [0.15, 0.2) is 61.2 Å².